The maximum atomic E-state index is 5.78. The lowest BCUT2D eigenvalue weighted by atomic mass is 9.97. The van der Waals surface area contributed by atoms with Crippen molar-refractivity contribution in [3.63, 3.8) is 0 Å². The van der Waals surface area contributed by atoms with E-state index in [-0.39, 0.29) is 12.1 Å². The van der Waals surface area contributed by atoms with Gasteiger partial charge in [0.2, 0.25) is 11.9 Å². The average molecular weight is 297 g/mol. The van der Waals surface area contributed by atoms with Gasteiger partial charge in [-0.25, -0.2) is 4.68 Å². The van der Waals surface area contributed by atoms with Crippen LogP contribution in [-0.2, 0) is 0 Å². The molecule has 0 unspecified atom stereocenters. The van der Waals surface area contributed by atoms with Gasteiger partial charge in [-0.2, -0.15) is 4.98 Å². The second-order valence-corrected chi connectivity index (χ2v) is 6.09. The van der Waals surface area contributed by atoms with Gasteiger partial charge >= 0.3 is 0 Å². The number of hydrogen-bond acceptors (Lipinski definition) is 5. The normalized spacial score (nSPS) is 20.8. The minimum atomic E-state index is 0.177. The predicted octanol–water partition coefficient (Wildman–Crippen LogP) is 3.07. The molecule has 1 aliphatic rings. The van der Waals surface area contributed by atoms with E-state index in [0.717, 1.165) is 12.4 Å². The van der Waals surface area contributed by atoms with E-state index >= 15 is 0 Å². The summed E-state index contributed by atoms with van der Waals surface area (Å²) in [4.78, 5) is 5.59. The molecule has 1 aliphatic heterocycles. The largest absolute Gasteiger partial charge is 0.366 e. The molecule has 4 rings (SSSR count). The zero-order valence-corrected chi connectivity index (χ0v) is 12.1. The van der Waals surface area contributed by atoms with Crippen LogP contribution in [0.2, 0.25) is 0 Å². The highest BCUT2D eigenvalue weighted by Crippen LogP contribution is 2.39. The molecule has 2 atom stereocenters. The van der Waals surface area contributed by atoms with Gasteiger partial charge in [-0.15, -0.1) is 16.4 Å². The van der Waals surface area contributed by atoms with Crippen molar-refractivity contribution >= 4 is 23.2 Å². The van der Waals surface area contributed by atoms with Crippen LogP contribution in [0.25, 0.3) is 0 Å². The van der Waals surface area contributed by atoms with Crippen LogP contribution in [0.15, 0.2) is 47.8 Å². The van der Waals surface area contributed by atoms with Crippen molar-refractivity contribution in [2.24, 2.45) is 0 Å². The van der Waals surface area contributed by atoms with Crippen molar-refractivity contribution in [1.82, 2.24) is 14.8 Å². The third-order valence-corrected chi connectivity index (χ3v) is 4.75. The second kappa shape index (κ2) is 4.89. The summed E-state index contributed by atoms with van der Waals surface area (Å²) in [5, 5.41) is 9.88. The van der Waals surface area contributed by atoms with Gasteiger partial charge in [0, 0.05) is 4.88 Å². The molecule has 0 radical (unpaired) electrons. The molecule has 0 saturated heterocycles. The van der Waals surface area contributed by atoms with Crippen LogP contribution in [0, 0.1) is 0 Å². The number of benzene rings is 1. The molecular formula is C15H15N5S. The average Bonchev–Trinajstić information content (AvgIpc) is 3.15. The molecule has 3 aromatic rings. The first-order chi connectivity index (χ1) is 10.3. The Labute approximate surface area is 126 Å². The monoisotopic (exact) mass is 297 g/mol. The Morgan fingerprint density at radius 2 is 2.05 bits per heavy atom. The molecule has 1 aromatic carbocycles. The summed E-state index contributed by atoms with van der Waals surface area (Å²) in [5.74, 6) is 1.05. The number of aromatic nitrogens is 3. The third kappa shape index (κ3) is 2.17. The van der Waals surface area contributed by atoms with Gasteiger partial charge in [0.05, 0.1) is 12.1 Å². The van der Waals surface area contributed by atoms with E-state index in [0.29, 0.717) is 5.95 Å². The third-order valence-electron chi connectivity index (χ3n) is 3.78. The minimum Gasteiger partial charge on any atom is -0.366 e. The molecular weight excluding hydrogens is 282 g/mol. The number of nitrogens with two attached hydrogens (primary N) is 1. The lowest BCUT2D eigenvalue weighted by Gasteiger charge is -2.30. The summed E-state index contributed by atoms with van der Waals surface area (Å²) in [5.41, 5.74) is 7.03. The maximum absolute atomic E-state index is 5.78. The zero-order valence-electron chi connectivity index (χ0n) is 11.3. The number of nitrogen functional groups attached to an aromatic ring is 1. The Bertz CT molecular complexity index is 735. The van der Waals surface area contributed by atoms with E-state index in [2.05, 4.69) is 57.2 Å². The predicted molar refractivity (Wildman–Crippen MR) is 84.3 cm³/mol. The Kier molecular flexibility index (Phi) is 2.89. The number of rotatable bonds is 2. The number of thiophene rings is 1. The van der Waals surface area contributed by atoms with Crippen LogP contribution in [0.1, 0.15) is 28.9 Å². The van der Waals surface area contributed by atoms with Crippen molar-refractivity contribution in [2.75, 3.05) is 11.1 Å². The summed E-state index contributed by atoms with van der Waals surface area (Å²) in [7, 11) is 0. The van der Waals surface area contributed by atoms with Gasteiger partial charge in [0.1, 0.15) is 0 Å². The molecule has 0 fully saturated rings. The molecule has 6 heteroatoms. The smallest absolute Gasteiger partial charge is 0.241 e. The van der Waals surface area contributed by atoms with Crippen LogP contribution in [0.5, 0.6) is 0 Å². The quantitative estimate of drug-likeness (QED) is 0.762. The first-order valence-corrected chi connectivity index (χ1v) is 7.76. The second-order valence-electron chi connectivity index (χ2n) is 5.11. The van der Waals surface area contributed by atoms with Gasteiger partial charge in [-0.1, -0.05) is 36.4 Å². The summed E-state index contributed by atoms with van der Waals surface area (Å²) in [6.45, 7) is 0. The topological polar surface area (TPSA) is 68.8 Å². The van der Waals surface area contributed by atoms with Crippen molar-refractivity contribution in [3.8, 4) is 0 Å². The molecule has 0 amide bonds. The first-order valence-electron chi connectivity index (χ1n) is 6.88. The molecule has 106 valence electrons. The number of nitrogens with one attached hydrogen (secondary N) is 1. The van der Waals surface area contributed by atoms with E-state index in [9.17, 15) is 0 Å². The SMILES string of the molecule is Nc1nc2n(n1)[C@@H](c1cccs1)C[C@H](c1ccccc1)N2. The van der Waals surface area contributed by atoms with Crippen molar-refractivity contribution < 1.29 is 0 Å². The Morgan fingerprint density at radius 3 is 2.81 bits per heavy atom. The zero-order chi connectivity index (χ0) is 14.2. The first kappa shape index (κ1) is 12.4. The van der Waals surface area contributed by atoms with Gasteiger partial charge in [-0.05, 0) is 23.4 Å². The van der Waals surface area contributed by atoms with Gasteiger partial charge in [0.15, 0.2) is 0 Å². The molecule has 3 heterocycles. The van der Waals surface area contributed by atoms with E-state index in [1.807, 2.05) is 10.7 Å². The van der Waals surface area contributed by atoms with E-state index < -0.39 is 0 Å². The van der Waals surface area contributed by atoms with Crippen LogP contribution < -0.4 is 11.1 Å². The fraction of sp³-hybridized carbons (Fsp3) is 0.200. The molecule has 2 aromatic heterocycles. The molecule has 3 N–H and O–H groups in total. The Hall–Kier alpha value is -2.34. The summed E-state index contributed by atoms with van der Waals surface area (Å²) in [6, 6.07) is 15.0. The molecule has 5 nitrogen and oxygen atoms in total. The highest BCUT2D eigenvalue weighted by Gasteiger charge is 2.31. The van der Waals surface area contributed by atoms with Crippen LogP contribution in [0.4, 0.5) is 11.9 Å². The number of fused-ring (bicyclic) bond motifs is 1. The fourth-order valence-corrected chi connectivity index (χ4v) is 3.64. The highest BCUT2D eigenvalue weighted by molar-refractivity contribution is 7.10. The lowest BCUT2D eigenvalue weighted by Crippen LogP contribution is -2.27. The Morgan fingerprint density at radius 1 is 1.19 bits per heavy atom. The van der Waals surface area contributed by atoms with Gasteiger partial charge < -0.3 is 11.1 Å². The maximum Gasteiger partial charge on any atom is 0.241 e. The molecule has 0 bridgehead atoms. The van der Waals surface area contributed by atoms with E-state index in [4.69, 9.17) is 5.73 Å². The van der Waals surface area contributed by atoms with Crippen LogP contribution in [0.3, 0.4) is 0 Å². The number of hydrogen-bond donors (Lipinski definition) is 2. The molecule has 21 heavy (non-hydrogen) atoms. The van der Waals surface area contributed by atoms with Gasteiger partial charge in [-0.3, -0.25) is 0 Å². The highest BCUT2D eigenvalue weighted by atomic mass is 32.1. The molecule has 0 saturated carbocycles. The van der Waals surface area contributed by atoms with E-state index in [1.54, 1.807) is 11.3 Å². The Balaban J connectivity index is 1.76. The number of nitrogens with zero attached hydrogens (tertiary/aromatic N) is 3. The summed E-state index contributed by atoms with van der Waals surface area (Å²) in [6.07, 6.45) is 0.931. The fourth-order valence-electron chi connectivity index (χ4n) is 2.82. The number of anilines is 2. The van der Waals surface area contributed by atoms with Crippen molar-refractivity contribution in [3.05, 3.63) is 58.3 Å². The minimum absolute atomic E-state index is 0.177. The summed E-state index contributed by atoms with van der Waals surface area (Å²) >= 11 is 1.74. The van der Waals surface area contributed by atoms with Crippen molar-refractivity contribution in [1.29, 1.82) is 0 Å². The van der Waals surface area contributed by atoms with Crippen LogP contribution in [-0.4, -0.2) is 14.8 Å². The van der Waals surface area contributed by atoms with E-state index in [1.165, 1.54) is 10.4 Å². The molecule has 0 spiro atoms. The standard InChI is InChI=1S/C15H15N5S/c16-14-18-15-17-11(10-5-2-1-3-6-10)9-12(20(15)19-14)13-7-4-8-21-13/h1-8,11-12H,9H2,(H3,16,17,18,19)/t11-,12-/m1/s1. The van der Waals surface area contributed by atoms with Gasteiger partial charge in [0.25, 0.3) is 0 Å². The van der Waals surface area contributed by atoms with Crippen LogP contribution >= 0.6 is 11.3 Å². The lowest BCUT2D eigenvalue weighted by molar-refractivity contribution is 0.437. The summed E-state index contributed by atoms with van der Waals surface area (Å²) < 4.78 is 1.90. The molecule has 0 aliphatic carbocycles. The van der Waals surface area contributed by atoms with Crippen molar-refractivity contribution in [2.45, 2.75) is 18.5 Å².